The Balaban J connectivity index is 3.00. The van der Waals surface area contributed by atoms with Crippen LogP contribution in [0.15, 0.2) is 29.2 Å². The zero-order chi connectivity index (χ0) is 15.2. The van der Waals surface area contributed by atoms with Gasteiger partial charge < -0.3 is 10.0 Å². The van der Waals surface area contributed by atoms with Crippen molar-refractivity contribution in [1.82, 2.24) is 0 Å². The van der Waals surface area contributed by atoms with Gasteiger partial charge in [-0.05, 0) is 30.7 Å². The van der Waals surface area contributed by atoms with E-state index in [4.69, 9.17) is 11.5 Å². The molecule has 1 N–H and O–H groups in total. The number of carbonyl (C=O) groups is 1. The lowest BCUT2D eigenvalue weighted by atomic mass is 10.3. The van der Waals surface area contributed by atoms with E-state index in [1.165, 1.54) is 17.0 Å². The van der Waals surface area contributed by atoms with E-state index in [9.17, 15) is 13.2 Å². The molecule has 0 heterocycles. The van der Waals surface area contributed by atoms with Crippen molar-refractivity contribution in [2.75, 3.05) is 23.7 Å². The van der Waals surface area contributed by atoms with E-state index in [1.807, 2.05) is 0 Å². The molecule has 0 amide bonds. The van der Waals surface area contributed by atoms with Gasteiger partial charge in [-0.2, -0.15) is 0 Å². The van der Waals surface area contributed by atoms with Crippen molar-refractivity contribution in [3.63, 3.8) is 0 Å². The highest BCUT2D eigenvalue weighted by molar-refractivity contribution is 7.91. The van der Waals surface area contributed by atoms with Gasteiger partial charge in [-0.3, -0.25) is 4.79 Å². The molecule has 0 aliphatic carbocycles. The van der Waals surface area contributed by atoms with E-state index in [-0.39, 0.29) is 23.7 Å². The Morgan fingerprint density at radius 1 is 1.35 bits per heavy atom. The molecule has 1 aromatic rings. The van der Waals surface area contributed by atoms with E-state index in [0.29, 0.717) is 12.1 Å². The number of terminal acetylenes is 1. The van der Waals surface area contributed by atoms with Crippen LogP contribution >= 0.6 is 0 Å². The van der Waals surface area contributed by atoms with Gasteiger partial charge in [0.25, 0.3) is 0 Å². The molecule has 0 spiro atoms. The lowest BCUT2D eigenvalue weighted by molar-refractivity contribution is -0.135. The lowest BCUT2D eigenvalue weighted by Gasteiger charge is -2.20. The molecule has 0 atom stereocenters. The number of carboxylic acids is 1. The van der Waals surface area contributed by atoms with Crippen molar-refractivity contribution in [1.29, 1.82) is 0 Å². The molecule has 1 aromatic carbocycles. The third-order valence-electron chi connectivity index (χ3n) is 2.64. The largest absolute Gasteiger partial charge is 0.480 e. The molecule has 0 unspecified atom stereocenters. The third kappa shape index (κ3) is 4.28. The van der Waals surface area contributed by atoms with Crippen LogP contribution < -0.4 is 4.90 Å². The van der Waals surface area contributed by atoms with Gasteiger partial charge in [0.05, 0.1) is 17.2 Å². The van der Waals surface area contributed by atoms with Gasteiger partial charge >= 0.3 is 5.97 Å². The fourth-order valence-electron chi connectivity index (χ4n) is 1.76. The molecule has 0 fully saturated rings. The zero-order valence-electron chi connectivity index (χ0n) is 11.2. The third-order valence-corrected chi connectivity index (χ3v) is 4.58. The van der Waals surface area contributed by atoms with E-state index in [0.717, 1.165) is 0 Å². The van der Waals surface area contributed by atoms with Crippen LogP contribution in [0.2, 0.25) is 0 Å². The predicted molar refractivity (Wildman–Crippen MR) is 77.5 cm³/mol. The Morgan fingerprint density at radius 3 is 2.40 bits per heavy atom. The second kappa shape index (κ2) is 6.96. The van der Waals surface area contributed by atoms with Crippen molar-refractivity contribution < 1.29 is 18.3 Å². The van der Waals surface area contributed by atoms with Crippen LogP contribution in [0.3, 0.4) is 0 Å². The number of hydrogen-bond donors (Lipinski definition) is 1. The summed E-state index contributed by atoms with van der Waals surface area (Å²) in [6.07, 6.45) is 5.75. The number of benzene rings is 1. The SMILES string of the molecule is C#CCN(CC(=O)O)c1ccc(S(=O)(=O)CCC)cc1. The summed E-state index contributed by atoms with van der Waals surface area (Å²) >= 11 is 0. The molecule has 0 radical (unpaired) electrons. The van der Waals surface area contributed by atoms with E-state index < -0.39 is 15.8 Å². The van der Waals surface area contributed by atoms with Crippen LogP contribution in [-0.2, 0) is 14.6 Å². The molecular formula is C14H17NO4S. The predicted octanol–water partition coefficient (Wildman–Crippen LogP) is 1.39. The summed E-state index contributed by atoms with van der Waals surface area (Å²) in [6.45, 7) is 1.71. The van der Waals surface area contributed by atoms with Gasteiger partial charge in [0.2, 0.25) is 0 Å². The van der Waals surface area contributed by atoms with Crippen molar-refractivity contribution >= 4 is 21.5 Å². The monoisotopic (exact) mass is 295 g/mol. The first kappa shape index (κ1) is 16.1. The Hall–Kier alpha value is -2.00. The van der Waals surface area contributed by atoms with Crippen molar-refractivity contribution in [3.8, 4) is 12.3 Å². The van der Waals surface area contributed by atoms with Gasteiger partial charge in [-0.1, -0.05) is 12.8 Å². The van der Waals surface area contributed by atoms with E-state index in [2.05, 4.69) is 5.92 Å². The minimum Gasteiger partial charge on any atom is -0.480 e. The zero-order valence-corrected chi connectivity index (χ0v) is 12.1. The number of nitrogens with zero attached hydrogens (tertiary/aromatic N) is 1. The summed E-state index contributed by atoms with van der Waals surface area (Å²) in [5.74, 6) is 1.48. The topological polar surface area (TPSA) is 74.7 Å². The average Bonchev–Trinajstić information content (AvgIpc) is 2.38. The van der Waals surface area contributed by atoms with Crippen LogP contribution in [0.5, 0.6) is 0 Å². The van der Waals surface area contributed by atoms with Gasteiger partial charge in [0, 0.05) is 5.69 Å². The van der Waals surface area contributed by atoms with E-state index >= 15 is 0 Å². The van der Waals surface area contributed by atoms with Crippen molar-refractivity contribution in [2.45, 2.75) is 18.2 Å². The fraction of sp³-hybridized carbons (Fsp3) is 0.357. The summed E-state index contributed by atoms with van der Waals surface area (Å²) in [4.78, 5) is 12.5. The van der Waals surface area contributed by atoms with Crippen LogP contribution in [0.1, 0.15) is 13.3 Å². The number of anilines is 1. The van der Waals surface area contributed by atoms with E-state index in [1.54, 1.807) is 19.1 Å². The Kier molecular flexibility index (Phi) is 5.59. The van der Waals surface area contributed by atoms with Crippen molar-refractivity contribution in [2.24, 2.45) is 0 Å². The Bertz CT molecular complexity index is 599. The normalized spacial score (nSPS) is 10.8. The summed E-state index contributed by atoms with van der Waals surface area (Å²) in [7, 11) is -3.26. The molecule has 5 nitrogen and oxygen atoms in total. The minimum absolute atomic E-state index is 0.0928. The summed E-state index contributed by atoms with van der Waals surface area (Å²) < 4.78 is 23.8. The van der Waals surface area contributed by atoms with Crippen LogP contribution in [-0.4, -0.2) is 38.3 Å². The maximum Gasteiger partial charge on any atom is 0.323 e. The molecule has 0 aliphatic rings. The first-order valence-electron chi connectivity index (χ1n) is 6.13. The molecule has 20 heavy (non-hydrogen) atoms. The first-order chi connectivity index (χ1) is 9.40. The molecule has 0 aromatic heterocycles. The second-order valence-corrected chi connectivity index (χ2v) is 6.38. The second-order valence-electron chi connectivity index (χ2n) is 4.27. The molecule has 0 aliphatic heterocycles. The smallest absolute Gasteiger partial charge is 0.323 e. The first-order valence-corrected chi connectivity index (χ1v) is 7.79. The average molecular weight is 295 g/mol. The van der Waals surface area contributed by atoms with Gasteiger partial charge in [-0.25, -0.2) is 8.42 Å². The van der Waals surface area contributed by atoms with Crippen LogP contribution in [0.4, 0.5) is 5.69 Å². The molecule has 1 rings (SSSR count). The Morgan fingerprint density at radius 2 is 1.95 bits per heavy atom. The minimum atomic E-state index is -3.26. The van der Waals surface area contributed by atoms with Crippen LogP contribution in [0, 0.1) is 12.3 Å². The number of hydrogen-bond acceptors (Lipinski definition) is 4. The van der Waals surface area contributed by atoms with Gasteiger partial charge in [0.1, 0.15) is 6.54 Å². The summed E-state index contributed by atoms with van der Waals surface area (Å²) in [5, 5.41) is 8.82. The molecular weight excluding hydrogens is 278 g/mol. The molecule has 0 bridgehead atoms. The molecule has 108 valence electrons. The maximum atomic E-state index is 11.9. The molecule has 6 heteroatoms. The number of carboxylic acid groups (broad SMARTS) is 1. The lowest BCUT2D eigenvalue weighted by Crippen LogP contribution is -2.29. The fourth-order valence-corrected chi connectivity index (χ4v) is 3.09. The summed E-state index contributed by atoms with van der Waals surface area (Å²) in [5.41, 5.74) is 0.584. The van der Waals surface area contributed by atoms with Crippen LogP contribution in [0.25, 0.3) is 0 Å². The van der Waals surface area contributed by atoms with Gasteiger partial charge in [0.15, 0.2) is 9.84 Å². The maximum absolute atomic E-state index is 11.9. The summed E-state index contributed by atoms with van der Waals surface area (Å²) in [6, 6.07) is 6.10. The van der Waals surface area contributed by atoms with Crippen molar-refractivity contribution in [3.05, 3.63) is 24.3 Å². The van der Waals surface area contributed by atoms with Gasteiger partial charge in [-0.15, -0.1) is 6.42 Å². The highest BCUT2D eigenvalue weighted by atomic mass is 32.2. The molecule has 0 saturated heterocycles. The standard InChI is InChI=1S/C14H17NO4S/c1-3-9-15(11-14(16)17)12-5-7-13(8-6-12)20(18,19)10-4-2/h1,5-8H,4,9-11H2,2H3,(H,16,17). The Labute approximate surface area is 119 Å². The highest BCUT2D eigenvalue weighted by Gasteiger charge is 2.14. The number of aliphatic carboxylic acids is 1. The molecule has 0 saturated carbocycles. The highest BCUT2D eigenvalue weighted by Crippen LogP contribution is 2.19. The number of rotatable bonds is 7. The quantitative estimate of drug-likeness (QED) is 0.770. The number of sulfone groups is 1.